The van der Waals surface area contributed by atoms with Crippen molar-refractivity contribution in [1.82, 2.24) is 13.7 Å². The topological polar surface area (TPSA) is 14.8 Å². The molecule has 0 radical (unpaired) electrons. The summed E-state index contributed by atoms with van der Waals surface area (Å²) in [5.41, 5.74) is 17.8. The van der Waals surface area contributed by atoms with Gasteiger partial charge in [-0.05, 0) is 118 Å². The average Bonchev–Trinajstić information content (AvgIpc) is 3.99. The molecular weight excluding hydrogens is 763 g/mol. The smallest absolute Gasteiger partial charge is 0.0547 e. The summed E-state index contributed by atoms with van der Waals surface area (Å²) >= 11 is 0. The standard InChI is InChI=1S/C60H39N3/c1-4-15-40(16-5-1)43-28-32-57-52(36-43)53-37-44(41-17-6-2-7-18-41)29-33-58(53)62(57)47-22-14-19-42(35-47)45-27-31-51-49-23-10-12-25-55(49)63(60(51)38-45)48-30-34-59-54(39-48)50-24-11-13-26-56(50)61(59)46-20-8-3-9-21-46/h1-39H. The first-order chi connectivity index (χ1) is 31.2. The number of benzene rings is 10. The lowest BCUT2D eigenvalue weighted by atomic mass is 10.0. The van der Waals surface area contributed by atoms with Gasteiger partial charge in [-0.3, -0.25) is 0 Å². The van der Waals surface area contributed by atoms with Crippen LogP contribution in [-0.4, -0.2) is 13.7 Å². The molecular formula is C60H39N3. The van der Waals surface area contributed by atoms with E-state index in [-0.39, 0.29) is 0 Å². The van der Waals surface area contributed by atoms with Crippen LogP contribution in [0.15, 0.2) is 237 Å². The Kier molecular flexibility index (Phi) is 7.91. The Bertz CT molecular complexity index is 3790. The Morgan fingerprint density at radius 2 is 0.556 bits per heavy atom. The molecule has 13 aromatic rings. The highest BCUT2D eigenvalue weighted by Crippen LogP contribution is 2.41. The molecule has 3 heteroatoms. The number of hydrogen-bond donors (Lipinski definition) is 0. The van der Waals surface area contributed by atoms with Crippen molar-refractivity contribution < 1.29 is 0 Å². The predicted molar refractivity (Wildman–Crippen MR) is 266 cm³/mol. The van der Waals surface area contributed by atoms with E-state index < -0.39 is 0 Å². The normalized spacial score (nSPS) is 11.8. The first-order valence-electron chi connectivity index (χ1n) is 21.7. The van der Waals surface area contributed by atoms with Crippen LogP contribution in [0.5, 0.6) is 0 Å². The predicted octanol–water partition coefficient (Wildman–Crippen LogP) is 16.0. The van der Waals surface area contributed by atoms with Crippen LogP contribution in [-0.2, 0) is 0 Å². The highest BCUT2D eigenvalue weighted by atomic mass is 15.0. The van der Waals surface area contributed by atoms with Gasteiger partial charge in [0, 0.05) is 49.4 Å². The largest absolute Gasteiger partial charge is 0.309 e. The molecule has 294 valence electrons. The van der Waals surface area contributed by atoms with Crippen LogP contribution in [0.3, 0.4) is 0 Å². The summed E-state index contributed by atoms with van der Waals surface area (Å²) in [5, 5.41) is 7.44. The summed E-state index contributed by atoms with van der Waals surface area (Å²) in [6.07, 6.45) is 0. The molecule has 0 aliphatic heterocycles. The fraction of sp³-hybridized carbons (Fsp3) is 0. The van der Waals surface area contributed by atoms with Crippen molar-refractivity contribution >= 4 is 65.4 Å². The molecule has 0 bridgehead atoms. The number of hydrogen-bond acceptors (Lipinski definition) is 0. The van der Waals surface area contributed by atoms with Crippen molar-refractivity contribution in [1.29, 1.82) is 0 Å². The van der Waals surface area contributed by atoms with Gasteiger partial charge < -0.3 is 13.7 Å². The molecule has 10 aromatic carbocycles. The molecule has 0 unspecified atom stereocenters. The number of fused-ring (bicyclic) bond motifs is 9. The third-order valence-electron chi connectivity index (χ3n) is 13.0. The minimum absolute atomic E-state index is 1.13. The van der Waals surface area contributed by atoms with Crippen LogP contribution in [0, 0.1) is 0 Å². The van der Waals surface area contributed by atoms with Gasteiger partial charge in [-0.15, -0.1) is 0 Å². The molecule has 0 fully saturated rings. The monoisotopic (exact) mass is 801 g/mol. The van der Waals surface area contributed by atoms with Crippen molar-refractivity contribution in [3.8, 4) is 50.4 Å². The van der Waals surface area contributed by atoms with E-state index >= 15 is 0 Å². The summed E-state index contributed by atoms with van der Waals surface area (Å²) in [6.45, 7) is 0. The Morgan fingerprint density at radius 1 is 0.175 bits per heavy atom. The van der Waals surface area contributed by atoms with Crippen molar-refractivity contribution in [2.24, 2.45) is 0 Å². The van der Waals surface area contributed by atoms with E-state index in [0.29, 0.717) is 0 Å². The van der Waals surface area contributed by atoms with E-state index in [1.54, 1.807) is 0 Å². The van der Waals surface area contributed by atoms with Gasteiger partial charge in [-0.1, -0.05) is 152 Å². The molecule has 0 aliphatic carbocycles. The molecule has 13 rings (SSSR count). The molecule has 0 saturated heterocycles. The third-order valence-corrected chi connectivity index (χ3v) is 13.0. The summed E-state index contributed by atoms with van der Waals surface area (Å²) in [5.74, 6) is 0. The van der Waals surface area contributed by atoms with Crippen molar-refractivity contribution in [3.63, 3.8) is 0 Å². The van der Waals surface area contributed by atoms with Crippen molar-refractivity contribution in [2.75, 3.05) is 0 Å². The zero-order valence-electron chi connectivity index (χ0n) is 34.4. The summed E-state index contributed by atoms with van der Waals surface area (Å²) in [4.78, 5) is 0. The van der Waals surface area contributed by atoms with E-state index in [9.17, 15) is 0 Å². The molecule has 3 aromatic heterocycles. The van der Waals surface area contributed by atoms with E-state index in [0.717, 1.165) is 17.1 Å². The Hall–Kier alpha value is -8.40. The quantitative estimate of drug-likeness (QED) is 0.159. The van der Waals surface area contributed by atoms with Gasteiger partial charge in [0.2, 0.25) is 0 Å². The molecule has 3 nitrogen and oxygen atoms in total. The lowest BCUT2D eigenvalue weighted by molar-refractivity contribution is 1.16. The number of aromatic nitrogens is 3. The van der Waals surface area contributed by atoms with Crippen LogP contribution in [0.2, 0.25) is 0 Å². The molecule has 63 heavy (non-hydrogen) atoms. The minimum atomic E-state index is 1.13. The summed E-state index contributed by atoms with van der Waals surface area (Å²) in [6, 6.07) is 86.5. The fourth-order valence-corrected chi connectivity index (χ4v) is 10.1. The van der Waals surface area contributed by atoms with Crippen LogP contribution in [0.25, 0.3) is 116 Å². The lowest BCUT2D eigenvalue weighted by Crippen LogP contribution is -1.96. The second kappa shape index (κ2) is 14.1. The molecule has 0 saturated carbocycles. The lowest BCUT2D eigenvalue weighted by Gasteiger charge is -2.12. The number of nitrogens with zero attached hydrogens (tertiary/aromatic N) is 3. The maximum Gasteiger partial charge on any atom is 0.0547 e. The zero-order valence-corrected chi connectivity index (χ0v) is 34.4. The zero-order chi connectivity index (χ0) is 41.4. The van der Waals surface area contributed by atoms with E-state index in [2.05, 4.69) is 250 Å². The Morgan fingerprint density at radius 3 is 1.19 bits per heavy atom. The second-order valence-corrected chi connectivity index (χ2v) is 16.6. The highest BCUT2D eigenvalue weighted by molar-refractivity contribution is 6.14. The average molecular weight is 802 g/mol. The summed E-state index contributed by atoms with van der Waals surface area (Å²) < 4.78 is 7.27. The molecule has 0 atom stereocenters. The first-order valence-corrected chi connectivity index (χ1v) is 21.7. The molecule has 0 aliphatic rings. The van der Waals surface area contributed by atoms with Crippen LogP contribution in [0.4, 0.5) is 0 Å². The van der Waals surface area contributed by atoms with Gasteiger partial charge in [-0.25, -0.2) is 0 Å². The fourth-order valence-electron chi connectivity index (χ4n) is 10.1. The van der Waals surface area contributed by atoms with E-state index in [1.165, 1.54) is 98.8 Å². The van der Waals surface area contributed by atoms with Gasteiger partial charge in [0.25, 0.3) is 0 Å². The minimum Gasteiger partial charge on any atom is -0.309 e. The van der Waals surface area contributed by atoms with Gasteiger partial charge in [0.15, 0.2) is 0 Å². The maximum atomic E-state index is 2.45. The molecule has 0 amide bonds. The number of rotatable bonds is 6. The van der Waals surface area contributed by atoms with Gasteiger partial charge in [0.05, 0.1) is 33.1 Å². The van der Waals surface area contributed by atoms with Gasteiger partial charge in [-0.2, -0.15) is 0 Å². The first kappa shape index (κ1) is 35.4. The molecule has 0 N–H and O–H groups in total. The third kappa shape index (κ3) is 5.60. The van der Waals surface area contributed by atoms with E-state index in [4.69, 9.17) is 0 Å². The van der Waals surface area contributed by atoms with Gasteiger partial charge >= 0.3 is 0 Å². The highest BCUT2D eigenvalue weighted by Gasteiger charge is 2.19. The second-order valence-electron chi connectivity index (χ2n) is 16.6. The maximum absolute atomic E-state index is 2.45. The van der Waals surface area contributed by atoms with Crippen molar-refractivity contribution in [2.45, 2.75) is 0 Å². The SMILES string of the molecule is c1ccc(-c2ccc3c(c2)c2cc(-c4ccccc4)ccc2n3-c2cccc(-c3ccc4c5ccccc5n(-c5ccc6c(c5)c5ccccc5n6-c5ccccc5)c4c3)c2)cc1. The Labute approximate surface area is 364 Å². The number of para-hydroxylation sites is 3. The molecule has 3 heterocycles. The van der Waals surface area contributed by atoms with Crippen LogP contribution >= 0.6 is 0 Å². The molecule has 0 spiro atoms. The van der Waals surface area contributed by atoms with E-state index in [1.807, 2.05) is 0 Å². The van der Waals surface area contributed by atoms with Crippen LogP contribution in [0.1, 0.15) is 0 Å². The summed E-state index contributed by atoms with van der Waals surface area (Å²) in [7, 11) is 0. The van der Waals surface area contributed by atoms with Crippen LogP contribution < -0.4 is 0 Å². The Balaban J connectivity index is 0.982. The van der Waals surface area contributed by atoms with Gasteiger partial charge in [0.1, 0.15) is 0 Å². The van der Waals surface area contributed by atoms with Crippen molar-refractivity contribution in [3.05, 3.63) is 237 Å².